The van der Waals surface area contributed by atoms with Crippen LogP contribution in [0.4, 0.5) is 11.4 Å². The minimum absolute atomic E-state index is 0.266. The summed E-state index contributed by atoms with van der Waals surface area (Å²) in [4.78, 5) is 0.266. The van der Waals surface area contributed by atoms with Gasteiger partial charge in [0.25, 0.3) is 10.0 Å². The van der Waals surface area contributed by atoms with E-state index in [1.54, 1.807) is 36.4 Å². The molecule has 0 saturated carbocycles. The lowest BCUT2D eigenvalue weighted by Crippen LogP contribution is -2.13. The summed E-state index contributed by atoms with van der Waals surface area (Å²) in [5.74, 6) is 1.37. The van der Waals surface area contributed by atoms with Gasteiger partial charge in [0.1, 0.15) is 11.5 Å². The second-order valence-corrected chi connectivity index (χ2v) is 8.30. The fourth-order valence-electron chi connectivity index (χ4n) is 3.12. The van der Waals surface area contributed by atoms with E-state index >= 15 is 0 Å². The summed E-state index contributed by atoms with van der Waals surface area (Å²) in [7, 11) is -3.64. The van der Waals surface area contributed by atoms with Crippen LogP contribution < -0.4 is 14.8 Å². The van der Waals surface area contributed by atoms with Crippen LogP contribution in [0.3, 0.4) is 0 Å². The number of ether oxygens (including phenoxy) is 1. The first-order valence-corrected chi connectivity index (χ1v) is 10.2. The quantitative estimate of drug-likeness (QED) is 0.677. The second kappa shape index (κ2) is 6.96. The molecule has 0 fully saturated rings. The highest BCUT2D eigenvalue weighted by atomic mass is 32.2. The maximum Gasteiger partial charge on any atom is 0.261 e. The van der Waals surface area contributed by atoms with E-state index in [0.29, 0.717) is 17.5 Å². The molecule has 1 atom stereocenters. The number of hydrogen-bond donors (Lipinski definition) is 2. The van der Waals surface area contributed by atoms with Crippen molar-refractivity contribution in [1.29, 1.82) is 0 Å². The maximum absolute atomic E-state index is 12.7. The van der Waals surface area contributed by atoms with Gasteiger partial charge in [0, 0.05) is 17.4 Å². The summed E-state index contributed by atoms with van der Waals surface area (Å²) in [5.41, 5.74) is 2.52. The summed E-state index contributed by atoms with van der Waals surface area (Å²) < 4.78 is 33.7. The van der Waals surface area contributed by atoms with Crippen LogP contribution in [0.2, 0.25) is 0 Å². The molecule has 2 N–H and O–H groups in total. The van der Waals surface area contributed by atoms with Crippen molar-refractivity contribution in [3.63, 3.8) is 0 Å². The Morgan fingerprint density at radius 1 is 0.963 bits per heavy atom. The molecule has 27 heavy (non-hydrogen) atoms. The number of fused-ring (bicyclic) bond motifs is 1. The molecular weight excluding hydrogens is 360 g/mol. The fraction of sp³-hybridized carbons (Fsp3) is 0.143. The smallest absolute Gasteiger partial charge is 0.261 e. The average Bonchev–Trinajstić information content (AvgIpc) is 3.03. The number of nitrogens with one attached hydrogen (secondary N) is 2. The largest absolute Gasteiger partial charge is 0.457 e. The predicted octanol–water partition coefficient (Wildman–Crippen LogP) is 4.64. The lowest BCUT2D eigenvalue weighted by Gasteiger charge is -2.10. The van der Waals surface area contributed by atoms with Crippen LogP contribution in [0, 0.1) is 0 Å². The molecule has 0 saturated heterocycles. The SMILES string of the molecule is C[C@@H]1Cc2cc(S(=O)(=O)Nc3ccc(Oc4ccccc4)cc3)ccc2N1. The van der Waals surface area contributed by atoms with Gasteiger partial charge in [-0.2, -0.15) is 0 Å². The van der Waals surface area contributed by atoms with Gasteiger partial charge in [0.2, 0.25) is 0 Å². The summed E-state index contributed by atoms with van der Waals surface area (Å²) >= 11 is 0. The average molecular weight is 380 g/mol. The zero-order valence-corrected chi connectivity index (χ0v) is 15.7. The predicted molar refractivity (Wildman–Crippen MR) is 107 cm³/mol. The molecule has 1 aliphatic heterocycles. The molecule has 0 amide bonds. The molecule has 0 radical (unpaired) electrons. The minimum Gasteiger partial charge on any atom is -0.457 e. The van der Waals surface area contributed by atoms with Gasteiger partial charge < -0.3 is 10.1 Å². The first-order chi connectivity index (χ1) is 13.0. The Kier molecular flexibility index (Phi) is 4.49. The molecule has 6 heteroatoms. The summed E-state index contributed by atoms with van der Waals surface area (Å²) in [6.45, 7) is 2.07. The van der Waals surface area contributed by atoms with E-state index in [0.717, 1.165) is 23.4 Å². The van der Waals surface area contributed by atoms with Crippen molar-refractivity contribution >= 4 is 21.4 Å². The van der Waals surface area contributed by atoms with Crippen LogP contribution >= 0.6 is 0 Å². The molecule has 0 bridgehead atoms. The zero-order valence-electron chi connectivity index (χ0n) is 14.8. The highest BCUT2D eigenvalue weighted by Crippen LogP contribution is 2.29. The van der Waals surface area contributed by atoms with Crippen molar-refractivity contribution in [2.75, 3.05) is 10.0 Å². The first kappa shape index (κ1) is 17.4. The standard InChI is InChI=1S/C21H20N2O3S/c1-15-13-16-14-20(11-12-21(16)22-15)27(24,25)23-17-7-9-19(10-8-17)26-18-5-3-2-4-6-18/h2-12,14-15,22-23H,13H2,1H3/t15-/m1/s1. The molecular formula is C21H20N2O3S. The van der Waals surface area contributed by atoms with E-state index in [1.165, 1.54) is 0 Å². The maximum atomic E-state index is 12.7. The molecule has 5 nitrogen and oxygen atoms in total. The van der Waals surface area contributed by atoms with E-state index in [-0.39, 0.29) is 4.90 Å². The Hall–Kier alpha value is -2.99. The van der Waals surface area contributed by atoms with E-state index in [2.05, 4.69) is 17.0 Å². The molecule has 3 aromatic rings. The Morgan fingerprint density at radius 3 is 2.41 bits per heavy atom. The molecule has 0 aliphatic carbocycles. The Bertz CT molecular complexity index is 1050. The third-order valence-electron chi connectivity index (χ3n) is 4.40. The highest BCUT2D eigenvalue weighted by Gasteiger charge is 2.21. The van der Waals surface area contributed by atoms with E-state index in [4.69, 9.17) is 4.74 Å². The van der Waals surface area contributed by atoms with Crippen LogP contribution in [-0.4, -0.2) is 14.5 Å². The number of para-hydroxylation sites is 1. The second-order valence-electron chi connectivity index (χ2n) is 6.61. The van der Waals surface area contributed by atoms with Crippen LogP contribution in [0.25, 0.3) is 0 Å². The third kappa shape index (κ3) is 3.90. The van der Waals surface area contributed by atoms with Crippen molar-refractivity contribution in [2.45, 2.75) is 24.3 Å². The number of rotatable bonds is 5. The van der Waals surface area contributed by atoms with Gasteiger partial charge in [-0.1, -0.05) is 18.2 Å². The molecule has 4 rings (SSSR count). The molecule has 1 aliphatic rings. The molecule has 138 valence electrons. The van der Waals surface area contributed by atoms with Crippen molar-refractivity contribution in [3.8, 4) is 11.5 Å². The summed E-state index contributed by atoms with van der Waals surface area (Å²) in [6, 6.07) is 21.8. The molecule has 0 spiro atoms. The van der Waals surface area contributed by atoms with Crippen LogP contribution in [0.15, 0.2) is 77.7 Å². The Balaban J connectivity index is 1.49. The van der Waals surface area contributed by atoms with E-state index in [9.17, 15) is 8.42 Å². The monoisotopic (exact) mass is 380 g/mol. The molecule has 3 aromatic carbocycles. The van der Waals surface area contributed by atoms with Crippen LogP contribution in [-0.2, 0) is 16.4 Å². The summed E-state index contributed by atoms with van der Waals surface area (Å²) in [5, 5.41) is 3.32. The number of hydrogen-bond acceptors (Lipinski definition) is 4. The van der Waals surface area contributed by atoms with E-state index in [1.807, 2.05) is 36.4 Å². The van der Waals surface area contributed by atoms with Crippen molar-refractivity contribution in [3.05, 3.63) is 78.4 Å². The first-order valence-electron chi connectivity index (χ1n) is 8.75. The van der Waals surface area contributed by atoms with Gasteiger partial charge in [0.15, 0.2) is 0 Å². The third-order valence-corrected chi connectivity index (χ3v) is 5.78. The van der Waals surface area contributed by atoms with Crippen molar-refractivity contribution < 1.29 is 13.2 Å². The van der Waals surface area contributed by atoms with Gasteiger partial charge in [-0.25, -0.2) is 8.42 Å². The van der Waals surface area contributed by atoms with Gasteiger partial charge in [0.05, 0.1) is 4.90 Å². The van der Waals surface area contributed by atoms with Crippen molar-refractivity contribution in [1.82, 2.24) is 0 Å². The number of anilines is 2. The van der Waals surface area contributed by atoms with Crippen LogP contribution in [0.5, 0.6) is 11.5 Å². The lowest BCUT2D eigenvalue weighted by atomic mass is 10.1. The number of benzene rings is 3. The summed E-state index contributed by atoms with van der Waals surface area (Å²) in [6.07, 6.45) is 0.824. The highest BCUT2D eigenvalue weighted by molar-refractivity contribution is 7.92. The minimum atomic E-state index is -3.64. The number of sulfonamides is 1. The normalized spacial score (nSPS) is 15.7. The van der Waals surface area contributed by atoms with Gasteiger partial charge >= 0.3 is 0 Å². The lowest BCUT2D eigenvalue weighted by molar-refractivity contribution is 0.483. The van der Waals surface area contributed by atoms with Crippen LogP contribution in [0.1, 0.15) is 12.5 Å². The van der Waals surface area contributed by atoms with Gasteiger partial charge in [-0.05, 0) is 73.5 Å². The molecule has 0 unspecified atom stereocenters. The van der Waals surface area contributed by atoms with E-state index < -0.39 is 10.0 Å². The molecule has 0 aromatic heterocycles. The van der Waals surface area contributed by atoms with Gasteiger partial charge in [-0.3, -0.25) is 4.72 Å². The fourth-order valence-corrected chi connectivity index (χ4v) is 4.23. The van der Waals surface area contributed by atoms with Crippen molar-refractivity contribution in [2.24, 2.45) is 0 Å². The topological polar surface area (TPSA) is 67.4 Å². The molecule has 1 heterocycles. The zero-order chi connectivity index (χ0) is 18.9. The Labute approximate surface area is 159 Å². The van der Waals surface area contributed by atoms with Gasteiger partial charge in [-0.15, -0.1) is 0 Å². The Morgan fingerprint density at radius 2 is 1.67 bits per heavy atom.